The smallest absolute Gasteiger partial charge is 0.397 e. The van der Waals surface area contributed by atoms with Crippen molar-refractivity contribution in [2.24, 2.45) is 5.41 Å². The molecular formula is C32H38F3N7OS. The predicted octanol–water partition coefficient (Wildman–Crippen LogP) is 8.14. The van der Waals surface area contributed by atoms with Gasteiger partial charge in [0.05, 0.1) is 11.6 Å². The molecule has 44 heavy (non-hydrogen) atoms. The first-order valence-corrected chi connectivity index (χ1v) is 15.8. The minimum atomic E-state index is -4.40. The van der Waals surface area contributed by atoms with Gasteiger partial charge in [-0.2, -0.15) is 13.2 Å². The van der Waals surface area contributed by atoms with E-state index in [0.29, 0.717) is 17.3 Å². The van der Waals surface area contributed by atoms with Crippen molar-refractivity contribution < 1.29 is 17.9 Å². The Hall–Kier alpha value is -3.80. The maximum absolute atomic E-state index is 13.4. The molecule has 8 nitrogen and oxygen atoms in total. The van der Waals surface area contributed by atoms with Crippen molar-refractivity contribution in [3.05, 3.63) is 66.5 Å². The molecule has 234 valence electrons. The largest absolute Gasteiger partial charge is 0.476 e. The maximum Gasteiger partial charge on any atom is 0.397 e. The van der Waals surface area contributed by atoms with Gasteiger partial charge < -0.3 is 14.4 Å². The number of alkyl halides is 3. The molecule has 12 heteroatoms. The molecule has 5 rings (SSSR count). The number of aromatic nitrogens is 5. The second kappa shape index (κ2) is 13.9. The second-order valence-electron chi connectivity index (χ2n) is 11.5. The van der Waals surface area contributed by atoms with Gasteiger partial charge in [0.25, 0.3) is 0 Å². The molecule has 0 unspecified atom stereocenters. The molecule has 0 amide bonds. The number of nitrogens with one attached hydrogen (secondary N) is 1. The molecule has 0 atom stereocenters. The topological polar surface area (TPSA) is 81.0 Å². The van der Waals surface area contributed by atoms with Crippen LogP contribution >= 0.6 is 11.9 Å². The third-order valence-electron chi connectivity index (χ3n) is 7.57. The van der Waals surface area contributed by atoms with Gasteiger partial charge in [-0.25, -0.2) is 19.6 Å². The number of nitrogens with zero attached hydrogens (tertiary/aromatic N) is 6. The number of aryl methyl sites for hydroxylation is 1. The molecule has 1 N–H and O–H groups in total. The summed E-state index contributed by atoms with van der Waals surface area (Å²) in [4.78, 5) is 16.9. The lowest BCUT2D eigenvalue weighted by molar-refractivity contribution is -0.219. The van der Waals surface area contributed by atoms with Gasteiger partial charge in [-0.15, -0.1) is 5.10 Å². The second-order valence-corrected chi connectivity index (χ2v) is 12.4. The van der Waals surface area contributed by atoms with Crippen LogP contribution in [0.2, 0.25) is 0 Å². The summed E-state index contributed by atoms with van der Waals surface area (Å²) in [5.74, 6) is 2.04. The number of fused-ring (bicyclic) bond motifs is 6. The van der Waals surface area contributed by atoms with Crippen LogP contribution in [0.25, 0.3) is 17.1 Å². The third kappa shape index (κ3) is 7.64. The van der Waals surface area contributed by atoms with Crippen LogP contribution in [0.15, 0.2) is 66.0 Å². The van der Waals surface area contributed by atoms with Gasteiger partial charge in [-0.1, -0.05) is 50.1 Å². The molecule has 3 aromatic heterocycles. The van der Waals surface area contributed by atoms with Crippen molar-refractivity contribution in [2.75, 3.05) is 29.3 Å². The summed E-state index contributed by atoms with van der Waals surface area (Å²) in [5, 5.41) is 5.23. The molecule has 0 spiro atoms. The zero-order valence-corrected chi connectivity index (χ0v) is 26.1. The van der Waals surface area contributed by atoms with E-state index >= 15 is 0 Å². The fraction of sp³-hybridized carbons (Fsp3) is 0.438. The maximum atomic E-state index is 13.4. The minimum absolute atomic E-state index is 0.0784. The average molecular weight is 626 g/mol. The van der Waals surface area contributed by atoms with Gasteiger partial charge in [-0.05, 0) is 57.2 Å². The SMILES string of the molecule is CCCN1CCCCCCc2ccccc2-c2nc(cnc2-n2ccc(OCC(C)(C)C(F)(F)F)n2)NSc2cccc1n2. The molecule has 4 heterocycles. The Bertz CT molecular complexity index is 1540. The summed E-state index contributed by atoms with van der Waals surface area (Å²) in [6.07, 6.45) is 5.13. The molecule has 0 saturated carbocycles. The number of benzene rings is 1. The highest BCUT2D eigenvalue weighted by atomic mass is 32.2. The van der Waals surface area contributed by atoms with Crippen LogP contribution in [0.1, 0.15) is 58.4 Å². The van der Waals surface area contributed by atoms with Crippen molar-refractivity contribution in [3.63, 3.8) is 0 Å². The Balaban J connectivity index is 1.48. The first-order valence-electron chi connectivity index (χ1n) is 15.0. The Kier molecular flexibility index (Phi) is 9.97. The number of hydrogen-bond acceptors (Lipinski definition) is 8. The lowest BCUT2D eigenvalue weighted by Gasteiger charge is -2.26. The number of hydrogen-bond donors (Lipinski definition) is 1. The zero-order valence-electron chi connectivity index (χ0n) is 25.3. The molecule has 0 fully saturated rings. The molecule has 1 aliphatic heterocycles. The Morgan fingerprint density at radius 3 is 2.61 bits per heavy atom. The van der Waals surface area contributed by atoms with E-state index in [4.69, 9.17) is 19.7 Å². The van der Waals surface area contributed by atoms with E-state index in [0.717, 1.165) is 87.4 Å². The lowest BCUT2D eigenvalue weighted by Crippen LogP contribution is -2.37. The lowest BCUT2D eigenvalue weighted by atomic mass is 9.94. The van der Waals surface area contributed by atoms with Crippen LogP contribution in [-0.4, -0.2) is 50.6 Å². The van der Waals surface area contributed by atoms with Crippen molar-refractivity contribution in [1.82, 2.24) is 24.7 Å². The van der Waals surface area contributed by atoms with Crippen LogP contribution in [0.3, 0.4) is 0 Å². The molecule has 0 saturated heterocycles. The monoisotopic (exact) mass is 625 g/mol. The summed E-state index contributed by atoms with van der Waals surface area (Å²) in [7, 11) is 0. The molecule has 1 aromatic carbocycles. The van der Waals surface area contributed by atoms with Crippen LogP contribution in [-0.2, 0) is 6.42 Å². The number of rotatable bonds is 6. The molecule has 4 bridgehead atoms. The first kappa shape index (κ1) is 31.6. The number of pyridine rings is 1. The van der Waals surface area contributed by atoms with Crippen LogP contribution < -0.4 is 14.4 Å². The van der Waals surface area contributed by atoms with Crippen LogP contribution in [0, 0.1) is 5.41 Å². The summed E-state index contributed by atoms with van der Waals surface area (Å²) >= 11 is 1.37. The van der Waals surface area contributed by atoms with Crippen molar-refractivity contribution in [3.8, 4) is 23.0 Å². The van der Waals surface area contributed by atoms with Crippen LogP contribution in [0.4, 0.5) is 24.8 Å². The summed E-state index contributed by atoms with van der Waals surface area (Å²) < 4.78 is 50.3. The fourth-order valence-corrected chi connectivity index (χ4v) is 5.51. The highest BCUT2D eigenvalue weighted by Gasteiger charge is 2.48. The van der Waals surface area contributed by atoms with Crippen LogP contribution in [0.5, 0.6) is 5.88 Å². The Morgan fingerprint density at radius 1 is 0.977 bits per heavy atom. The standard InChI is InChI=1S/C32H38F3N7OS/c1-4-18-41-19-10-6-5-7-12-23-13-8-9-14-24(23)29-30(36-21-25(37-29)40-44-28-16-11-15-26(41)38-28)42-20-17-27(39-42)43-22-31(2,3)32(33,34)35/h8-9,11,13-17,20-21H,4-7,10,12,18-19,22H2,1-3H3,(H,37,40). The Labute approximate surface area is 260 Å². The van der Waals surface area contributed by atoms with Gasteiger partial charge in [0, 0.05) is 42.9 Å². The first-order chi connectivity index (χ1) is 21.1. The number of ether oxygens (including phenoxy) is 1. The predicted molar refractivity (Wildman–Crippen MR) is 168 cm³/mol. The van der Waals surface area contributed by atoms with Gasteiger partial charge in [-0.3, -0.25) is 0 Å². The van der Waals surface area contributed by atoms with E-state index in [1.165, 1.54) is 22.7 Å². The van der Waals surface area contributed by atoms with Gasteiger partial charge in [0.1, 0.15) is 23.1 Å². The van der Waals surface area contributed by atoms with E-state index < -0.39 is 18.2 Å². The number of anilines is 2. The Morgan fingerprint density at radius 2 is 1.80 bits per heavy atom. The summed E-state index contributed by atoms with van der Waals surface area (Å²) in [5.41, 5.74) is 0.664. The quantitative estimate of drug-likeness (QED) is 0.215. The molecule has 0 radical (unpaired) electrons. The number of halogens is 3. The van der Waals surface area contributed by atoms with Gasteiger partial charge in [0.2, 0.25) is 5.88 Å². The molecular weight excluding hydrogens is 587 g/mol. The van der Waals surface area contributed by atoms with Gasteiger partial charge >= 0.3 is 6.18 Å². The fourth-order valence-electron chi connectivity index (χ4n) is 4.91. The molecule has 1 aliphatic rings. The van der Waals surface area contributed by atoms with E-state index in [-0.39, 0.29) is 5.88 Å². The van der Waals surface area contributed by atoms with Crippen molar-refractivity contribution >= 4 is 23.6 Å². The zero-order chi connectivity index (χ0) is 31.2. The summed E-state index contributed by atoms with van der Waals surface area (Å²) in [6, 6.07) is 15.7. The van der Waals surface area contributed by atoms with Crippen molar-refractivity contribution in [1.29, 1.82) is 0 Å². The van der Waals surface area contributed by atoms with Crippen molar-refractivity contribution in [2.45, 2.75) is 70.5 Å². The molecule has 4 aromatic rings. The highest BCUT2D eigenvalue weighted by molar-refractivity contribution is 8.00. The van der Waals surface area contributed by atoms with E-state index in [2.05, 4.69) is 33.8 Å². The minimum Gasteiger partial charge on any atom is -0.476 e. The van der Waals surface area contributed by atoms with E-state index in [1.54, 1.807) is 12.4 Å². The van der Waals surface area contributed by atoms with E-state index in [9.17, 15) is 13.2 Å². The normalized spacial score (nSPS) is 14.8. The highest BCUT2D eigenvalue weighted by Crippen LogP contribution is 2.38. The van der Waals surface area contributed by atoms with Gasteiger partial charge in [0.15, 0.2) is 11.6 Å². The summed E-state index contributed by atoms with van der Waals surface area (Å²) in [6.45, 7) is 5.76. The third-order valence-corrected chi connectivity index (χ3v) is 8.31. The average Bonchev–Trinajstić information content (AvgIpc) is 3.48. The molecule has 0 aliphatic carbocycles. The van der Waals surface area contributed by atoms with E-state index in [1.807, 2.05) is 30.3 Å².